The van der Waals surface area contributed by atoms with Gasteiger partial charge in [0.25, 0.3) is 0 Å². The number of hydrogen-bond donors (Lipinski definition) is 1. The maximum Gasteiger partial charge on any atom is 0.336 e. The molecule has 4 rings (SSSR count). The fraction of sp³-hybridized carbons (Fsp3) is 0.538. The molecule has 0 saturated carbocycles. The monoisotopic (exact) mass is 439 g/mol. The van der Waals surface area contributed by atoms with Crippen LogP contribution >= 0.6 is 0 Å². The van der Waals surface area contributed by atoms with Crippen LogP contribution in [0.1, 0.15) is 64.9 Å². The smallest absolute Gasteiger partial charge is 0.336 e. The molecule has 6 nitrogen and oxygen atoms in total. The van der Waals surface area contributed by atoms with E-state index in [-0.39, 0.29) is 23.9 Å². The zero-order valence-corrected chi connectivity index (χ0v) is 19.5. The van der Waals surface area contributed by atoms with Crippen molar-refractivity contribution in [2.75, 3.05) is 19.8 Å². The van der Waals surface area contributed by atoms with Crippen LogP contribution in [0.25, 0.3) is 0 Å². The highest BCUT2D eigenvalue weighted by Gasteiger charge is 2.44. The molecule has 0 bridgehead atoms. The van der Waals surface area contributed by atoms with Gasteiger partial charge in [0.15, 0.2) is 5.78 Å². The van der Waals surface area contributed by atoms with Crippen LogP contribution in [0.15, 0.2) is 46.8 Å². The van der Waals surface area contributed by atoms with Gasteiger partial charge in [-0.15, -0.1) is 0 Å². The Labute approximate surface area is 190 Å². The third-order valence-corrected chi connectivity index (χ3v) is 6.41. The summed E-state index contributed by atoms with van der Waals surface area (Å²) in [4.78, 5) is 26.8. The van der Waals surface area contributed by atoms with E-state index in [1.807, 2.05) is 38.1 Å². The second kappa shape index (κ2) is 9.10. The highest BCUT2D eigenvalue weighted by Crippen LogP contribution is 2.48. The van der Waals surface area contributed by atoms with E-state index >= 15 is 0 Å². The molecule has 6 heteroatoms. The third-order valence-electron chi connectivity index (χ3n) is 6.41. The fourth-order valence-electron chi connectivity index (χ4n) is 5.05. The third kappa shape index (κ3) is 4.46. The zero-order chi connectivity index (χ0) is 22.9. The van der Waals surface area contributed by atoms with Crippen LogP contribution in [-0.4, -0.2) is 37.7 Å². The molecule has 1 aromatic rings. The number of allylic oxidation sites excluding steroid dienone is 3. The quantitative estimate of drug-likeness (QED) is 0.662. The fourth-order valence-corrected chi connectivity index (χ4v) is 5.05. The van der Waals surface area contributed by atoms with Crippen LogP contribution in [-0.2, 0) is 19.1 Å². The topological polar surface area (TPSA) is 73.9 Å². The number of Topliss-reactive ketones (excluding diaryl/α,β-unsaturated/α-hetero) is 1. The van der Waals surface area contributed by atoms with E-state index in [1.165, 1.54) is 0 Å². The Balaban J connectivity index is 1.76. The molecule has 32 heavy (non-hydrogen) atoms. The van der Waals surface area contributed by atoms with Gasteiger partial charge in [-0.3, -0.25) is 4.79 Å². The van der Waals surface area contributed by atoms with Gasteiger partial charge < -0.3 is 19.5 Å². The van der Waals surface area contributed by atoms with Crippen LogP contribution in [0.2, 0.25) is 0 Å². The van der Waals surface area contributed by atoms with Gasteiger partial charge >= 0.3 is 5.97 Å². The Bertz CT molecular complexity index is 968. The van der Waals surface area contributed by atoms with Gasteiger partial charge in [-0.2, -0.15) is 0 Å². The number of ether oxygens (including phenoxy) is 3. The number of hydrogen-bond acceptors (Lipinski definition) is 6. The summed E-state index contributed by atoms with van der Waals surface area (Å²) >= 11 is 0. The summed E-state index contributed by atoms with van der Waals surface area (Å²) in [6.07, 6.45) is 3.01. The van der Waals surface area contributed by atoms with Crippen molar-refractivity contribution >= 4 is 11.8 Å². The predicted octanol–water partition coefficient (Wildman–Crippen LogP) is 4.41. The second-order valence-corrected chi connectivity index (χ2v) is 9.63. The van der Waals surface area contributed by atoms with Crippen LogP contribution in [0.5, 0.6) is 5.75 Å². The number of esters is 1. The van der Waals surface area contributed by atoms with Crippen molar-refractivity contribution in [3.05, 3.63) is 52.4 Å². The number of rotatable bonds is 6. The first-order chi connectivity index (χ1) is 15.3. The average Bonchev–Trinajstić information content (AvgIpc) is 3.24. The number of carbonyl (C=O) groups is 2. The number of benzene rings is 1. The van der Waals surface area contributed by atoms with Gasteiger partial charge in [-0.25, -0.2) is 4.79 Å². The Morgan fingerprint density at radius 3 is 2.75 bits per heavy atom. The van der Waals surface area contributed by atoms with Gasteiger partial charge in [0.1, 0.15) is 12.4 Å². The number of ketones is 1. The van der Waals surface area contributed by atoms with E-state index in [9.17, 15) is 9.59 Å². The Hall–Kier alpha value is -2.60. The lowest BCUT2D eigenvalue weighted by atomic mass is 9.68. The molecule has 0 aromatic heterocycles. The molecule has 172 valence electrons. The summed E-state index contributed by atoms with van der Waals surface area (Å²) in [6, 6.07) is 7.66. The van der Waals surface area contributed by atoms with E-state index in [0.29, 0.717) is 36.5 Å². The highest BCUT2D eigenvalue weighted by atomic mass is 16.6. The van der Waals surface area contributed by atoms with E-state index in [1.54, 1.807) is 0 Å². The molecule has 1 aromatic carbocycles. The van der Waals surface area contributed by atoms with Crippen molar-refractivity contribution < 1.29 is 23.8 Å². The minimum Gasteiger partial charge on any atom is -0.494 e. The van der Waals surface area contributed by atoms with Crippen molar-refractivity contribution in [1.82, 2.24) is 5.32 Å². The molecule has 1 N–H and O–H groups in total. The molecule has 0 unspecified atom stereocenters. The predicted molar refractivity (Wildman–Crippen MR) is 121 cm³/mol. The second-order valence-electron chi connectivity index (χ2n) is 9.63. The van der Waals surface area contributed by atoms with Crippen molar-refractivity contribution in [1.29, 1.82) is 0 Å². The Kier molecular flexibility index (Phi) is 6.42. The maximum absolute atomic E-state index is 13.4. The molecular weight excluding hydrogens is 406 g/mol. The SMILES string of the molecule is CCOc1ccccc1[C@H]1C(C(=O)OC[C@@H]2CCCO2)=C(C)NC2=C1C(=O)CC(C)(C)C2. The zero-order valence-electron chi connectivity index (χ0n) is 19.5. The first-order valence-electron chi connectivity index (χ1n) is 11.5. The van der Waals surface area contributed by atoms with E-state index in [2.05, 4.69) is 19.2 Å². The van der Waals surface area contributed by atoms with Gasteiger partial charge in [-0.1, -0.05) is 32.0 Å². The lowest BCUT2D eigenvalue weighted by molar-refractivity contribution is -0.142. The van der Waals surface area contributed by atoms with Gasteiger partial charge in [0.05, 0.1) is 24.2 Å². The van der Waals surface area contributed by atoms with E-state index < -0.39 is 11.9 Å². The van der Waals surface area contributed by atoms with Gasteiger partial charge in [0.2, 0.25) is 0 Å². The highest BCUT2D eigenvalue weighted by molar-refractivity contribution is 6.04. The van der Waals surface area contributed by atoms with Crippen molar-refractivity contribution in [2.24, 2.45) is 5.41 Å². The normalized spacial score (nSPS) is 24.8. The van der Waals surface area contributed by atoms with Crippen LogP contribution in [0.3, 0.4) is 0 Å². The number of carbonyl (C=O) groups excluding carboxylic acids is 2. The molecule has 2 heterocycles. The van der Waals surface area contributed by atoms with E-state index in [0.717, 1.165) is 36.2 Å². The number of nitrogens with one attached hydrogen (secondary N) is 1. The molecule has 2 aliphatic heterocycles. The minimum absolute atomic E-state index is 0.0579. The molecule has 2 atom stereocenters. The van der Waals surface area contributed by atoms with Crippen LogP contribution in [0, 0.1) is 5.41 Å². The molecule has 3 aliphatic rings. The van der Waals surface area contributed by atoms with E-state index in [4.69, 9.17) is 14.2 Å². The molecule has 0 spiro atoms. The van der Waals surface area contributed by atoms with Crippen molar-refractivity contribution in [2.45, 2.75) is 65.4 Å². The molecule has 0 amide bonds. The summed E-state index contributed by atoms with van der Waals surface area (Å²) in [5.41, 5.74) is 3.44. The standard InChI is InChI=1S/C26H33NO5/c1-5-30-21-11-7-6-10-18(21)23-22(25(29)32-15-17-9-8-12-31-17)16(2)27-19-13-26(3,4)14-20(28)24(19)23/h6-7,10-11,17,23,27H,5,8-9,12-15H2,1-4H3/t17-,23-/m0/s1. The minimum atomic E-state index is -0.519. The summed E-state index contributed by atoms with van der Waals surface area (Å²) < 4.78 is 17.2. The first-order valence-corrected chi connectivity index (χ1v) is 11.5. The Morgan fingerprint density at radius 1 is 1.25 bits per heavy atom. The van der Waals surface area contributed by atoms with Crippen LogP contribution in [0.4, 0.5) is 0 Å². The number of dihydropyridines is 1. The summed E-state index contributed by atoms with van der Waals surface area (Å²) in [5, 5.41) is 3.38. The number of para-hydroxylation sites is 1. The molecular formula is C26H33NO5. The molecule has 0 radical (unpaired) electrons. The maximum atomic E-state index is 13.4. The molecule has 1 fully saturated rings. The molecule has 1 saturated heterocycles. The summed E-state index contributed by atoms with van der Waals surface area (Å²) in [6.45, 7) is 9.44. The first kappa shape index (κ1) is 22.6. The summed E-state index contributed by atoms with van der Waals surface area (Å²) in [5.74, 6) is -0.179. The molecule has 1 aliphatic carbocycles. The van der Waals surface area contributed by atoms with Gasteiger partial charge in [0, 0.05) is 35.6 Å². The average molecular weight is 440 g/mol. The largest absolute Gasteiger partial charge is 0.494 e. The summed E-state index contributed by atoms with van der Waals surface area (Å²) in [7, 11) is 0. The van der Waals surface area contributed by atoms with Crippen LogP contribution < -0.4 is 10.1 Å². The van der Waals surface area contributed by atoms with Crippen molar-refractivity contribution in [3.8, 4) is 5.75 Å². The lowest BCUT2D eigenvalue weighted by Gasteiger charge is -2.39. The lowest BCUT2D eigenvalue weighted by Crippen LogP contribution is -2.39. The van der Waals surface area contributed by atoms with Crippen molar-refractivity contribution in [3.63, 3.8) is 0 Å². The van der Waals surface area contributed by atoms with Gasteiger partial charge in [-0.05, 0) is 44.6 Å². The Morgan fingerprint density at radius 2 is 2.03 bits per heavy atom.